The van der Waals surface area contributed by atoms with E-state index in [0.29, 0.717) is 19.6 Å². The number of rotatable bonds is 9. The van der Waals surface area contributed by atoms with E-state index in [-0.39, 0.29) is 24.3 Å². The lowest BCUT2D eigenvalue weighted by Gasteiger charge is -2.26. The van der Waals surface area contributed by atoms with Gasteiger partial charge in [0.05, 0.1) is 12.6 Å². The Hall–Kier alpha value is -1.10. The summed E-state index contributed by atoms with van der Waals surface area (Å²) in [5.74, 6) is -0.244. The zero-order valence-electron chi connectivity index (χ0n) is 12.6. The van der Waals surface area contributed by atoms with E-state index in [1.165, 1.54) is 4.90 Å². The molecule has 0 heterocycles. The van der Waals surface area contributed by atoms with Crippen LogP contribution < -0.4 is 5.73 Å². The van der Waals surface area contributed by atoms with Crippen molar-refractivity contribution in [2.24, 2.45) is 11.7 Å². The lowest BCUT2D eigenvalue weighted by atomic mass is 10.1. The molecule has 112 valence electrons. The van der Waals surface area contributed by atoms with E-state index in [4.69, 9.17) is 10.5 Å². The van der Waals surface area contributed by atoms with Crippen molar-refractivity contribution < 1.29 is 14.3 Å². The number of hydrogen-bond donors (Lipinski definition) is 1. The van der Waals surface area contributed by atoms with E-state index in [9.17, 15) is 9.59 Å². The average molecular weight is 272 g/mol. The van der Waals surface area contributed by atoms with Gasteiger partial charge in [-0.15, -0.1) is 0 Å². The van der Waals surface area contributed by atoms with Crippen LogP contribution in [0.25, 0.3) is 0 Å². The van der Waals surface area contributed by atoms with Crippen molar-refractivity contribution in [3.63, 3.8) is 0 Å². The third-order valence-corrected chi connectivity index (χ3v) is 2.71. The van der Waals surface area contributed by atoms with E-state index in [1.807, 2.05) is 13.8 Å². The van der Waals surface area contributed by atoms with Crippen LogP contribution in [0.5, 0.6) is 0 Å². The number of esters is 1. The first-order valence-electron chi connectivity index (χ1n) is 7.12. The Balaban J connectivity index is 4.54. The van der Waals surface area contributed by atoms with Gasteiger partial charge in [-0.2, -0.15) is 0 Å². The summed E-state index contributed by atoms with van der Waals surface area (Å²) < 4.78 is 4.89. The second-order valence-corrected chi connectivity index (χ2v) is 5.17. The van der Waals surface area contributed by atoms with Gasteiger partial charge in [0.1, 0.15) is 6.54 Å². The number of ether oxygens (including phenoxy) is 1. The molecule has 0 aliphatic rings. The average Bonchev–Trinajstić information content (AvgIpc) is 2.33. The summed E-state index contributed by atoms with van der Waals surface area (Å²) in [4.78, 5) is 25.3. The third-order valence-electron chi connectivity index (χ3n) is 2.71. The minimum absolute atomic E-state index is 0.00925. The first-order valence-corrected chi connectivity index (χ1v) is 7.12. The lowest BCUT2D eigenvalue weighted by molar-refractivity contribution is -0.149. The maximum absolute atomic E-state index is 12.2. The SMILES string of the molecule is CCCCC(N)C(=O)N(CC(=O)OCC)CC(C)C. The summed E-state index contributed by atoms with van der Waals surface area (Å²) in [5.41, 5.74) is 5.89. The summed E-state index contributed by atoms with van der Waals surface area (Å²) in [5, 5.41) is 0. The van der Waals surface area contributed by atoms with Crippen molar-refractivity contribution in [1.29, 1.82) is 0 Å². The van der Waals surface area contributed by atoms with Gasteiger partial charge in [0, 0.05) is 6.54 Å². The molecule has 0 aromatic heterocycles. The fourth-order valence-electron chi connectivity index (χ4n) is 1.82. The fraction of sp³-hybridized carbons (Fsp3) is 0.857. The highest BCUT2D eigenvalue weighted by Gasteiger charge is 2.23. The Morgan fingerprint density at radius 1 is 1.26 bits per heavy atom. The van der Waals surface area contributed by atoms with Gasteiger partial charge in [0.15, 0.2) is 0 Å². The zero-order valence-corrected chi connectivity index (χ0v) is 12.6. The summed E-state index contributed by atoms with van der Waals surface area (Å²) in [6.07, 6.45) is 2.58. The predicted octanol–water partition coefficient (Wildman–Crippen LogP) is 1.55. The molecule has 19 heavy (non-hydrogen) atoms. The number of hydrogen-bond acceptors (Lipinski definition) is 4. The highest BCUT2D eigenvalue weighted by molar-refractivity contribution is 5.85. The molecule has 0 saturated carbocycles. The van der Waals surface area contributed by atoms with Crippen LogP contribution in [0.3, 0.4) is 0 Å². The fourth-order valence-corrected chi connectivity index (χ4v) is 1.82. The van der Waals surface area contributed by atoms with Crippen LogP contribution in [0.2, 0.25) is 0 Å². The Labute approximate surface area is 116 Å². The van der Waals surface area contributed by atoms with Crippen molar-refractivity contribution in [2.75, 3.05) is 19.7 Å². The number of carbonyl (C=O) groups is 2. The van der Waals surface area contributed by atoms with Gasteiger partial charge < -0.3 is 15.4 Å². The van der Waals surface area contributed by atoms with Crippen molar-refractivity contribution in [3.8, 4) is 0 Å². The first-order chi connectivity index (χ1) is 8.92. The molecule has 2 N–H and O–H groups in total. The van der Waals surface area contributed by atoms with Crippen molar-refractivity contribution in [3.05, 3.63) is 0 Å². The molecule has 0 spiro atoms. The van der Waals surface area contributed by atoms with E-state index >= 15 is 0 Å². The second kappa shape index (κ2) is 9.78. The molecule has 0 fully saturated rings. The molecule has 0 aromatic carbocycles. The van der Waals surface area contributed by atoms with E-state index in [2.05, 4.69) is 6.92 Å². The van der Waals surface area contributed by atoms with Crippen LogP contribution in [0.1, 0.15) is 47.0 Å². The van der Waals surface area contributed by atoms with E-state index in [1.54, 1.807) is 6.92 Å². The molecule has 0 bridgehead atoms. The smallest absolute Gasteiger partial charge is 0.325 e. The standard InChI is InChI=1S/C14H28N2O3/c1-5-7-8-12(15)14(18)16(9-11(3)4)10-13(17)19-6-2/h11-12H,5-10,15H2,1-4H3. The summed E-state index contributed by atoms with van der Waals surface area (Å²) >= 11 is 0. The predicted molar refractivity (Wildman–Crippen MR) is 75.6 cm³/mol. The maximum atomic E-state index is 12.2. The largest absolute Gasteiger partial charge is 0.465 e. The van der Waals surface area contributed by atoms with Crippen LogP contribution in [-0.2, 0) is 14.3 Å². The minimum Gasteiger partial charge on any atom is -0.465 e. The molecule has 1 atom stereocenters. The van der Waals surface area contributed by atoms with Gasteiger partial charge in [-0.25, -0.2) is 0 Å². The Bertz CT molecular complexity index is 280. The molecule has 0 aliphatic heterocycles. The second-order valence-electron chi connectivity index (χ2n) is 5.17. The van der Waals surface area contributed by atoms with Crippen molar-refractivity contribution >= 4 is 11.9 Å². The van der Waals surface area contributed by atoms with Crippen LogP contribution in [0, 0.1) is 5.92 Å². The van der Waals surface area contributed by atoms with Crippen LogP contribution >= 0.6 is 0 Å². The molecule has 1 unspecified atom stereocenters. The van der Waals surface area contributed by atoms with Crippen LogP contribution in [-0.4, -0.2) is 42.5 Å². The molecular formula is C14H28N2O3. The van der Waals surface area contributed by atoms with Crippen molar-refractivity contribution in [1.82, 2.24) is 4.90 Å². The van der Waals surface area contributed by atoms with Gasteiger partial charge in [0.2, 0.25) is 5.91 Å². The van der Waals surface area contributed by atoms with Crippen LogP contribution in [0.15, 0.2) is 0 Å². The zero-order chi connectivity index (χ0) is 14.8. The molecule has 0 aromatic rings. The van der Waals surface area contributed by atoms with Gasteiger partial charge in [-0.05, 0) is 19.3 Å². The van der Waals surface area contributed by atoms with Gasteiger partial charge in [0.25, 0.3) is 0 Å². The molecule has 1 amide bonds. The van der Waals surface area contributed by atoms with Gasteiger partial charge in [-0.3, -0.25) is 9.59 Å². The number of amides is 1. The molecule has 0 radical (unpaired) electrons. The number of nitrogens with zero attached hydrogens (tertiary/aromatic N) is 1. The molecule has 5 nitrogen and oxygen atoms in total. The third kappa shape index (κ3) is 7.82. The topological polar surface area (TPSA) is 72.6 Å². The molecular weight excluding hydrogens is 244 g/mol. The minimum atomic E-state index is -0.520. The van der Waals surface area contributed by atoms with Crippen LogP contribution in [0.4, 0.5) is 0 Å². The Kier molecular flexibility index (Phi) is 9.21. The molecule has 0 saturated heterocycles. The summed E-state index contributed by atoms with van der Waals surface area (Å²) in [6.45, 7) is 8.65. The van der Waals surface area contributed by atoms with Gasteiger partial charge in [-0.1, -0.05) is 33.6 Å². The molecule has 0 rings (SSSR count). The first kappa shape index (κ1) is 17.9. The Morgan fingerprint density at radius 3 is 2.37 bits per heavy atom. The highest BCUT2D eigenvalue weighted by Crippen LogP contribution is 2.06. The monoisotopic (exact) mass is 272 g/mol. The quantitative estimate of drug-likeness (QED) is 0.646. The Morgan fingerprint density at radius 2 is 1.89 bits per heavy atom. The summed E-state index contributed by atoms with van der Waals surface area (Å²) in [7, 11) is 0. The van der Waals surface area contributed by atoms with E-state index < -0.39 is 6.04 Å². The maximum Gasteiger partial charge on any atom is 0.325 e. The van der Waals surface area contributed by atoms with E-state index in [0.717, 1.165) is 12.8 Å². The highest BCUT2D eigenvalue weighted by atomic mass is 16.5. The molecule has 0 aliphatic carbocycles. The number of carbonyl (C=O) groups excluding carboxylic acids is 2. The number of unbranched alkanes of at least 4 members (excludes halogenated alkanes) is 1. The normalized spacial score (nSPS) is 12.3. The summed E-state index contributed by atoms with van der Waals surface area (Å²) in [6, 6.07) is -0.520. The number of nitrogens with two attached hydrogens (primary N) is 1. The van der Waals surface area contributed by atoms with Crippen molar-refractivity contribution in [2.45, 2.75) is 53.0 Å². The van der Waals surface area contributed by atoms with Gasteiger partial charge >= 0.3 is 5.97 Å². The molecule has 5 heteroatoms. The lowest BCUT2D eigenvalue weighted by Crippen LogP contribution is -2.47.